The number of carbonyl (C=O) groups is 2. The van der Waals surface area contributed by atoms with Gasteiger partial charge in [-0.15, -0.1) is 0 Å². The zero-order chi connectivity index (χ0) is 28.3. The average Bonchev–Trinajstić information content (AvgIpc) is 2.89. The number of nitrogens with zero attached hydrogens (tertiary/aromatic N) is 3. The standard InChI is InChI=1S/C29H30F3N3O4/c1-17(2)35(27(36)20-6-4-18(3)5-7-20)25-11-8-21(16-22(25)28(37)38)39-26-23(29(30,31)32)9-10-24(34-26)19-12-14-33-15-13-19/h8-18,20H,4-7H2,1-3H3,(H,37,38)/t18-,20-. The Morgan fingerprint density at radius 2 is 1.69 bits per heavy atom. The van der Waals surface area contributed by atoms with Crippen LogP contribution in [0, 0.1) is 11.8 Å². The average molecular weight is 542 g/mol. The van der Waals surface area contributed by atoms with E-state index in [1.807, 2.05) is 0 Å². The van der Waals surface area contributed by atoms with Crippen molar-refractivity contribution in [2.45, 2.75) is 58.7 Å². The third-order valence-corrected chi connectivity index (χ3v) is 6.93. The highest BCUT2D eigenvalue weighted by Gasteiger charge is 2.36. The number of benzene rings is 1. The van der Waals surface area contributed by atoms with Gasteiger partial charge in [0, 0.05) is 29.9 Å². The zero-order valence-electron chi connectivity index (χ0n) is 21.9. The zero-order valence-corrected chi connectivity index (χ0v) is 21.9. The van der Waals surface area contributed by atoms with Crippen LogP contribution in [-0.4, -0.2) is 33.0 Å². The molecule has 2 heterocycles. The van der Waals surface area contributed by atoms with Crippen molar-refractivity contribution in [3.63, 3.8) is 0 Å². The van der Waals surface area contributed by atoms with Gasteiger partial charge in [0.15, 0.2) is 0 Å². The van der Waals surface area contributed by atoms with E-state index in [0.29, 0.717) is 11.5 Å². The van der Waals surface area contributed by atoms with Gasteiger partial charge in [-0.1, -0.05) is 6.92 Å². The molecular formula is C29H30F3N3O4. The second kappa shape index (κ2) is 11.4. The molecule has 4 rings (SSSR count). The number of carboxylic acid groups (broad SMARTS) is 1. The summed E-state index contributed by atoms with van der Waals surface area (Å²) in [6.45, 7) is 5.74. The molecule has 0 saturated heterocycles. The molecule has 1 aromatic carbocycles. The fourth-order valence-corrected chi connectivity index (χ4v) is 4.84. The van der Waals surface area contributed by atoms with Crippen LogP contribution in [0.15, 0.2) is 54.9 Å². The van der Waals surface area contributed by atoms with Crippen molar-refractivity contribution in [1.82, 2.24) is 9.97 Å². The van der Waals surface area contributed by atoms with Crippen LogP contribution in [0.1, 0.15) is 62.4 Å². The van der Waals surface area contributed by atoms with Crippen molar-refractivity contribution in [1.29, 1.82) is 0 Å². The Labute approximate surface area is 224 Å². The first-order valence-corrected chi connectivity index (χ1v) is 12.8. The van der Waals surface area contributed by atoms with E-state index in [9.17, 15) is 27.9 Å². The topological polar surface area (TPSA) is 92.6 Å². The van der Waals surface area contributed by atoms with E-state index in [1.54, 1.807) is 26.0 Å². The fourth-order valence-electron chi connectivity index (χ4n) is 4.84. The van der Waals surface area contributed by atoms with Gasteiger partial charge in [0.05, 0.1) is 16.9 Å². The number of halogens is 3. The molecule has 2 aromatic heterocycles. The lowest BCUT2D eigenvalue weighted by molar-refractivity contribution is -0.138. The third kappa shape index (κ3) is 6.38. The van der Waals surface area contributed by atoms with Crippen molar-refractivity contribution in [2.75, 3.05) is 4.90 Å². The van der Waals surface area contributed by atoms with E-state index in [0.717, 1.165) is 37.8 Å². The molecule has 206 valence electrons. The van der Waals surface area contributed by atoms with Crippen LogP contribution < -0.4 is 9.64 Å². The summed E-state index contributed by atoms with van der Waals surface area (Å²) in [5.74, 6) is -2.02. The highest BCUT2D eigenvalue weighted by Crippen LogP contribution is 2.40. The molecule has 0 unspecified atom stereocenters. The smallest absolute Gasteiger partial charge is 0.421 e. The molecular weight excluding hydrogens is 511 g/mol. The number of aromatic carboxylic acids is 1. The van der Waals surface area contributed by atoms with Crippen molar-refractivity contribution in [3.05, 3.63) is 66.0 Å². The highest BCUT2D eigenvalue weighted by atomic mass is 19.4. The lowest BCUT2D eigenvalue weighted by atomic mass is 9.82. The normalized spacial score (nSPS) is 17.6. The summed E-state index contributed by atoms with van der Waals surface area (Å²) in [4.78, 5) is 35.2. The van der Waals surface area contributed by atoms with E-state index in [-0.39, 0.29) is 40.6 Å². The Bertz CT molecular complexity index is 1340. The largest absolute Gasteiger partial charge is 0.478 e. The lowest BCUT2D eigenvalue weighted by Crippen LogP contribution is -2.42. The van der Waals surface area contributed by atoms with Gasteiger partial charge in [-0.05, 0) is 87.9 Å². The summed E-state index contributed by atoms with van der Waals surface area (Å²) in [5.41, 5.74) is -0.422. The Balaban J connectivity index is 1.71. The molecule has 39 heavy (non-hydrogen) atoms. The highest BCUT2D eigenvalue weighted by molar-refractivity contribution is 6.03. The quantitative estimate of drug-likeness (QED) is 0.340. The van der Waals surface area contributed by atoms with E-state index in [2.05, 4.69) is 16.9 Å². The molecule has 1 fully saturated rings. The minimum atomic E-state index is -4.76. The maximum atomic E-state index is 13.8. The minimum Gasteiger partial charge on any atom is -0.478 e. The monoisotopic (exact) mass is 541 g/mol. The summed E-state index contributed by atoms with van der Waals surface area (Å²) in [7, 11) is 0. The van der Waals surface area contributed by atoms with Crippen molar-refractivity contribution < 1.29 is 32.6 Å². The minimum absolute atomic E-state index is 0.149. The number of pyridine rings is 2. The molecule has 10 heteroatoms. The van der Waals surface area contributed by atoms with Crippen LogP contribution >= 0.6 is 0 Å². The molecule has 1 amide bonds. The van der Waals surface area contributed by atoms with Gasteiger partial charge in [0.2, 0.25) is 11.8 Å². The van der Waals surface area contributed by atoms with Gasteiger partial charge < -0.3 is 14.7 Å². The van der Waals surface area contributed by atoms with Crippen molar-refractivity contribution in [2.24, 2.45) is 11.8 Å². The number of hydrogen-bond donors (Lipinski definition) is 1. The summed E-state index contributed by atoms with van der Waals surface area (Å²) in [5, 5.41) is 10.00. The third-order valence-electron chi connectivity index (χ3n) is 6.93. The molecule has 7 nitrogen and oxygen atoms in total. The SMILES string of the molecule is CC(C)N(c1ccc(Oc2nc(-c3ccncc3)ccc2C(F)(F)F)cc1C(=O)O)C(=O)[C@H]1CC[C@H](C)CC1. The van der Waals surface area contributed by atoms with Gasteiger partial charge in [-0.3, -0.25) is 9.78 Å². The van der Waals surface area contributed by atoms with Crippen LogP contribution in [0.2, 0.25) is 0 Å². The van der Waals surface area contributed by atoms with Crippen molar-refractivity contribution in [3.8, 4) is 22.9 Å². The predicted molar refractivity (Wildman–Crippen MR) is 140 cm³/mol. The first kappa shape index (κ1) is 28.1. The first-order valence-electron chi connectivity index (χ1n) is 12.8. The molecule has 0 aliphatic heterocycles. The van der Waals surface area contributed by atoms with Gasteiger partial charge in [-0.25, -0.2) is 9.78 Å². The number of rotatable bonds is 7. The molecule has 0 bridgehead atoms. The molecule has 1 saturated carbocycles. The van der Waals surface area contributed by atoms with Crippen LogP contribution in [-0.2, 0) is 11.0 Å². The van der Waals surface area contributed by atoms with Gasteiger partial charge in [0.25, 0.3) is 0 Å². The second-order valence-electron chi connectivity index (χ2n) is 10.1. The van der Waals surface area contributed by atoms with E-state index < -0.39 is 23.6 Å². The van der Waals surface area contributed by atoms with E-state index >= 15 is 0 Å². The molecule has 1 aliphatic rings. The Hall–Kier alpha value is -3.95. The summed E-state index contributed by atoms with van der Waals surface area (Å²) in [6, 6.07) is 8.85. The number of ether oxygens (including phenoxy) is 1. The Morgan fingerprint density at radius 1 is 1.03 bits per heavy atom. The molecule has 1 aliphatic carbocycles. The molecule has 0 atom stereocenters. The first-order chi connectivity index (χ1) is 18.5. The van der Waals surface area contributed by atoms with Crippen LogP contribution in [0.3, 0.4) is 0 Å². The molecule has 0 radical (unpaired) electrons. The van der Waals surface area contributed by atoms with Gasteiger partial charge in [0.1, 0.15) is 11.3 Å². The predicted octanol–water partition coefficient (Wildman–Crippen LogP) is 7.22. The fraction of sp³-hybridized carbons (Fsp3) is 0.379. The summed E-state index contributed by atoms with van der Waals surface area (Å²) >= 11 is 0. The number of hydrogen-bond acceptors (Lipinski definition) is 5. The van der Waals surface area contributed by atoms with Crippen LogP contribution in [0.4, 0.5) is 18.9 Å². The summed E-state index contributed by atoms with van der Waals surface area (Å²) < 4.78 is 46.9. The maximum Gasteiger partial charge on any atom is 0.421 e. The maximum absolute atomic E-state index is 13.8. The number of carboxylic acids is 1. The number of anilines is 1. The number of alkyl halides is 3. The molecule has 3 aromatic rings. The number of carbonyl (C=O) groups excluding carboxylic acids is 1. The lowest BCUT2D eigenvalue weighted by Gasteiger charge is -2.34. The van der Waals surface area contributed by atoms with Gasteiger partial charge >= 0.3 is 12.1 Å². The van der Waals surface area contributed by atoms with E-state index in [4.69, 9.17) is 4.74 Å². The van der Waals surface area contributed by atoms with Crippen LogP contribution in [0.25, 0.3) is 11.3 Å². The Kier molecular flexibility index (Phi) is 8.22. The molecule has 0 spiro atoms. The van der Waals surface area contributed by atoms with Crippen molar-refractivity contribution >= 4 is 17.6 Å². The number of aromatic nitrogens is 2. The molecule has 1 N–H and O–H groups in total. The number of amides is 1. The summed E-state index contributed by atoms with van der Waals surface area (Å²) in [6.07, 6.45) is 1.53. The Morgan fingerprint density at radius 3 is 2.28 bits per heavy atom. The van der Waals surface area contributed by atoms with Gasteiger partial charge in [-0.2, -0.15) is 13.2 Å². The second-order valence-corrected chi connectivity index (χ2v) is 10.1. The van der Waals surface area contributed by atoms with Crippen LogP contribution in [0.5, 0.6) is 11.6 Å². The van der Waals surface area contributed by atoms with E-state index in [1.165, 1.54) is 35.5 Å².